The number of esters is 1. The fraction of sp³-hybridized carbons (Fsp3) is 0.917. The van der Waals surface area contributed by atoms with Gasteiger partial charge in [-0.15, -0.1) is 0 Å². The molecule has 17 heavy (non-hydrogen) atoms. The van der Waals surface area contributed by atoms with E-state index in [0.29, 0.717) is 19.8 Å². The van der Waals surface area contributed by atoms with E-state index >= 15 is 0 Å². The molecule has 1 aliphatic rings. The molecule has 1 rings (SSSR count). The van der Waals surface area contributed by atoms with Crippen LogP contribution in [0.3, 0.4) is 0 Å². The van der Waals surface area contributed by atoms with Crippen molar-refractivity contribution in [3.05, 3.63) is 0 Å². The summed E-state index contributed by atoms with van der Waals surface area (Å²) in [5.41, 5.74) is -0.274. The Kier molecular flexibility index (Phi) is 4.27. The van der Waals surface area contributed by atoms with Gasteiger partial charge in [-0.1, -0.05) is 22.9 Å². The Morgan fingerprint density at radius 2 is 1.76 bits per heavy atom. The standard InChI is InChI=1S/C12H21BrO4/c1-10(2,13)9(14)15-6-12(5)7-16-11(3,4)17-8-12/h6-8H2,1-5H3. The highest BCUT2D eigenvalue weighted by Gasteiger charge is 2.38. The summed E-state index contributed by atoms with van der Waals surface area (Å²) in [6.45, 7) is 10.6. The van der Waals surface area contributed by atoms with Crippen molar-refractivity contribution >= 4 is 21.9 Å². The van der Waals surface area contributed by atoms with Crippen LogP contribution in [0.25, 0.3) is 0 Å². The van der Waals surface area contributed by atoms with Crippen molar-refractivity contribution in [3.8, 4) is 0 Å². The minimum absolute atomic E-state index is 0.274. The van der Waals surface area contributed by atoms with Crippen molar-refractivity contribution in [2.45, 2.75) is 44.7 Å². The molecule has 0 aliphatic carbocycles. The number of alkyl halides is 1. The Labute approximate surface area is 111 Å². The van der Waals surface area contributed by atoms with E-state index in [0.717, 1.165) is 0 Å². The lowest BCUT2D eigenvalue weighted by molar-refractivity contribution is -0.287. The second-order valence-electron chi connectivity index (χ2n) is 5.84. The summed E-state index contributed by atoms with van der Waals surface area (Å²) in [4.78, 5) is 11.6. The molecule has 0 atom stereocenters. The van der Waals surface area contributed by atoms with Crippen LogP contribution >= 0.6 is 15.9 Å². The van der Waals surface area contributed by atoms with Crippen LogP contribution in [-0.4, -0.2) is 35.9 Å². The molecule has 1 heterocycles. The van der Waals surface area contributed by atoms with Crippen molar-refractivity contribution in [3.63, 3.8) is 0 Å². The Balaban J connectivity index is 2.45. The predicted molar refractivity (Wildman–Crippen MR) is 68.1 cm³/mol. The number of hydrogen-bond acceptors (Lipinski definition) is 4. The average molecular weight is 309 g/mol. The van der Waals surface area contributed by atoms with Gasteiger partial charge in [0.1, 0.15) is 10.9 Å². The van der Waals surface area contributed by atoms with E-state index in [1.807, 2.05) is 20.8 Å². The number of carbonyl (C=O) groups excluding carboxylic acids is 1. The Morgan fingerprint density at radius 1 is 1.29 bits per heavy atom. The largest absolute Gasteiger partial charge is 0.464 e. The minimum atomic E-state index is -0.654. The summed E-state index contributed by atoms with van der Waals surface area (Å²) in [5.74, 6) is -0.818. The highest BCUT2D eigenvalue weighted by molar-refractivity contribution is 9.10. The monoisotopic (exact) mass is 308 g/mol. The first-order valence-electron chi connectivity index (χ1n) is 5.68. The lowest BCUT2D eigenvalue weighted by Crippen LogP contribution is -2.48. The summed E-state index contributed by atoms with van der Waals surface area (Å²) < 4.78 is 15.8. The molecule has 0 aromatic heterocycles. The average Bonchev–Trinajstić information content (AvgIpc) is 2.19. The molecule has 0 spiro atoms. The summed E-state index contributed by atoms with van der Waals surface area (Å²) in [7, 11) is 0. The van der Waals surface area contributed by atoms with Gasteiger partial charge in [0.25, 0.3) is 0 Å². The van der Waals surface area contributed by atoms with Gasteiger partial charge in [-0.2, -0.15) is 0 Å². The van der Waals surface area contributed by atoms with Gasteiger partial charge in [-0.05, 0) is 27.7 Å². The molecule has 1 saturated heterocycles. The Morgan fingerprint density at radius 3 is 2.18 bits per heavy atom. The second-order valence-corrected chi connectivity index (χ2v) is 7.82. The molecular formula is C12H21BrO4. The zero-order valence-corrected chi connectivity index (χ0v) is 12.7. The van der Waals surface area contributed by atoms with Gasteiger partial charge in [0, 0.05) is 5.41 Å². The molecule has 100 valence electrons. The number of halogens is 1. The topological polar surface area (TPSA) is 44.8 Å². The number of ether oxygens (including phenoxy) is 3. The van der Waals surface area contributed by atoms with Crippen LogP contribution in [-0.2, 0) is 19.0 Å². The van der Waals surface area contributed by atoms with Gasteiger partial charge in [-0.3, -0.25) is 4.79 Å². The van der Waals surface area contributed by atoms with Gasteiger partial charge >= 0.3 is 5.97 Å². The van der Waals surface area contributed by atoms with Gasteiger partial charge in [0.05, 0.1) is 13.2 Å². The van der Waals surface area contributed by atoms with Crippen LogP contribution in [0.5, 0.6) is 0 Å². The van der Waals surface area contributed by atoms with Crippen LogP contribution in [0.4, 0.5) is 0 Å². The Bertz CT molecular complexity index is 283. The summed E-state index contributed by atoms with van der Waals surface area (Å²) in [6, 6.07) is 0. The van der Waals surface area contributed by atoms with E-state index < -0.39 is 10.1 Å². The van der Waals surface area contributed by atoms with Gasteiger partial charge in [0.15, 0.2) is 5.79 Å². The van der Waals surface area contributed by atoms with E-state index in [2.05, 4.69) is 15.9 Å². The zero-order chi connectivity index (χ0) is 13.3. The van der Waals surface area contributed by atoms with Crippen molar-refractivity contribution < 1.29 is 19.0 Å². The fourth-order valence-corrected chi connectivity index (χ4v) is 1.39. The van der Waals surface area contributed by atoms with Gasteiger partial charge in [0.2, 0.25) is 0 Å². The predicted octanol–water partition coefficient (Wildman–Crippen LogP) is 2.49. The first kappa shape index (κ1) is 14.9. The third-order valence-electron chi connectivity index (χ3n) is 2.57. The van der Waals surface area contributed by atoms with Crippen molar-refractivity contribution in [2.75, 3.05) is 19.8 Å². The molecule has 0 N–H and O–H groups in total. The molecular weight excluding hydrogens is 288 g/mol. The minimum Gasteiger partial charge on any atom is -0.464 e. The lowest BCUT2D eigenvalue weighted by Gasteiger charge is -2.41. The molecule has 4 nitrogen and oxygen atoms in total. The normalized spacial score (nSPS) is 23.2. The van der Waals surface area contributed by atoms with Crippen LogP contribution in [0, 0.1) is 5.41 Å². The first-order valence-corrected chi connectivity index (χ1v) is 6.48. The number of rotatable bonds is 3. The Hall–Kier alpha value is -0.130. The van der Waals surface area contributed by atoms with Crippen LogP contribution in [0.1, 0.15) is 34.6 Å². The first-order chi connectivity index (χ1) is 7.54. The highest BCUT2D eigenvalue weighted by Crippen LogP contribution is 2.30. The van der Waals surface area contributed by atoms with Crippen molar-refractivity contribution in [1.82, 2.24) is 0 Å². The maximum absolute atomic E-state index is 11.6. The zero-order valence-electron chi connectivity index (χ0n) is 11.1. The summed E-state index contributed by atoms with van der Waals surface area (Å²) >= 11 is 3.27. The molecule has 0 aromatic carbocycles. The second kappa shape index (κ2) is 4.86. The summed E-state index contributed by atoms with van der Waals surface area (Å²) in [6.07, 6.45) is 0. The maximum Gasteiger partial charge on any atom is 0.322 e. The molecule has 1 aliphatic heterocycles. The molecule has 0 aromatic rings. The summed E-state index contributed by atoms with van der Waals surface area (Å²) in [5, 5.41) is 0. The molecule has 0 amide bonds. The van der Waals surface area contributed by atoms with Crippen LogP contribution in [0.15, 0.2) is 0 Å². The van der Waals surface area contributed by atoms with E-state index in [1.165, 1.54) is 0 Å². The quantitative estimate of drug-likeness (QED) is 0.593. The lowest BCUT2D eigenvalue weighted by atomic mass is 9.93. The number of carbonyl (C=O) groups is 1. The van der Waals surface area contributed by atoms with Crippen molar-refractivity contribution in [2.24, 2.45) is 5.41 Å². The molecule has 0 radical (unpaired) electrons. The van der Waals surface area contributed by atoms with Crippen molar-refractivity contribution in [1.29, 1.82) is 0 Å². The number of hydrogen-bond donors (Lipinski definition) is 0. The molecule has 0 bridgehead atoms. The van der Waals surface area contributed by atoms with Gasteiger partial charge < -0.3 is 14.2 Å². The van der Waals surface area contributed by atoms with E-state index in [9.17, 15) is 4.79 Å². The van der Waals surface area contributed by atoms with Gasteiger partial charge in [-0.25, -0.2) is 0 Å². The smallest absolute Gasteiger partial charge is 0.322 e. The molecule has 1 fully saturated rings. The van der Waals surface area contributed by atoms with Crippen LogP contribution in [0.2, 0.25) is 0 Å². The SMILES string of the molecule is CC1(COC(=O)C(C)(C)Br)COC(C)(C)OC1. The van der Waals surface area contributed by atoms with Crippen LogP contribution < -0.4 is 0 Å². The molecule has 5 heteroatoms. The van der Waals surface area contributed by atoms with E-state index in [4.69, 9.17) is 14.2 Å². The highest BCUT2D eigenvalue weighted by atomic mass is 79.9. The molecule has 0 saturated carbocycles. The van der Waals surface area contributed by atoms with E-state index in [-0.39, 0.29) is 11.4 Å². The maximum atomic E-state index is 11.6. The molecule has 0 unspecified atom stereocenters. The van der Waals surface area contributed by atoms with E-state index in [1.54, 1.807) is 13.8 Å². The third-order valence-corrected chi connectivity index (χ3v) is 2.90. The fourth-order valence-electron chi connectivity index (χ4n) is 1.27. The third kappa shape index (κ3) is 4.56.